The third kappa shape index (κ3) is 6.64. The van der Waals surface area contributed by atoms with Crippen molar-refractivity contribution in [3.05, 3.63) is 105 Å². The first-order valence-electron chi connectivity index (χ1n) is 12.5. The Morgan fingerprint density at radius 3 is 2.49 bits per heavy atom. The van der Waals surface area contributed by atoms with Gasteiger partial charge >= 0.3 is 11.8 Å². The molecule has 12 heteroatoms. The van der Waals surface area contributed by atoms with E-state index < -0.39 is 23.2 Å². The first-order valence-corrected chi connectivity index (χ1v) is 12.9. The predicted octanol–water partition coefficient (Wildman–Crippen LogP) is 4.34. The van der Waals surface area contributed by atoms with Gasteiger partial charge in [0.1, 0.15) is 18.1 Å². The molecule has 1 aromatic heterocycles. The van der Waals surface area contributed by atoms with Gasteiger partial charge in [-0.15, -0.1) is 0 Å². The van der Waals surface area contributed by atoms with Gasteiger partial charge in [0.15, 0.2) is 11.5 Å². The summed E-state index contributed by atoms with van der Waals surface area (Å²) in [7, 11) is 1.67. The molecule has 0 atom stereocenters. The first-order chi connectivity index (χ1) is 19.7. The Bertz CT molecular complexity index is 1650. The molecule has 0 unspecified atom stereocenters. The van der Waals surface area contributed by atoms with Crippen molar-refractivity contribution in [2.45, 2.75) is 20.5 Å². The van der Waals surface area contributed by atoms with Crippen LogP contribution in [0.5, 0.6) is 11.5 Å². The van der Waals surface area contributed by atoms with Crippen LogP contribution >= 0.6 is 11.6 Å². The molecule has 0 aliphatic carbocycles. The SMILES string of the molecule is CCOc1cc(/C=N/NC(=O)C(=O)Nc2c(C)n(C)n(-c3ccccc3)c2=O)ccc1OCc1c(F)cccc1Cl. The fourth-order valence-corrected chi connectivity index (χ4v) is 4.13. The van der Waals surface area contributed by atoms with Gasteiger partial charge in [0.05, 0.1) is 29.2 Å². The zero-order chi connectivity index (χ0) is 29.5. The summed E-state index contributed by atoms with van der Waals surface area (Å²) < 4.78 is 28.4. The maximum atomic E-state index is 14.1. The summed E-state index contributed by atoms with van der Waals surface area (Å²) >= 11 is 6.07. The van der Waals surface area contributed by atoms with Crippen LogP contribution in [0.25, 0.3) is 5.69 Å². The highest BCUT2D eigenvalue weighted by Gasteiger charge is 2.21. The van der Waals surface area contributed by atoms with Crippen molar-refractivity contribution in [2.24, 2.45) is 12.1 Å². The first kappa shape index (κ1) is 29.1. The number of amides is 2. The number of carbonyl (C=O) groups excluding carboxylic acids is 2. The molecule has 2 N–H and O–H groups in total. The van der Waals surface area contributed by atoms with Crippen LogP contribution in [0.15, 0.2) is 76.6 Å². The summed E-state index contributed by atoms with van der Waals surface area (Å²) in [4.78, 5) is 37.9. The summed E-state index contributed by atoms with van der Waals surface area (Å²) in [5.74, 6) is -1.89. The van der Waals surface area contributed by atoms with Crippen molar-refractivity contribution < 1.29 is 23.5 Å². The number of aromatic nitrogens is 2. The summed E-state index contributed by atoms with van der Waals surface area (Å²) in [5, 5.41) is 6.45. The minimum absolute atomic E-state index is 0.0194. The minimum atomic E-state index is -1.07. The summed E-state index contributed by atoms with van der Waals surface area (Å²) in [6.07, 6.45) is 1.31. The van der Waals surface area contributed by atoms with Crippen LogP contribution < -0.4 is 25.8 Å². The molecule has 10 nitrogen and oxygen atoms in total. The molecule has 0 spiro atoms. The van der Waals surface area contributed by atoms with Crippen LogP contribution in [-0.4, -0.2) is 34.0 Å². The van der Waals surface area contributed by atoms with Gasteiger partial charge in [-0.05, 0) is 61.9 Å². The molecule has 0 aliphatic rings. The average molecular weight is 580 g/mol. The van der Waals surface area contributed by atoms with Crippen LogP contribution in [0.2, 0.25) is 5.02 Å². The molecule has 1 heterocycles. The maximum absolute atomic E-state index is 14.1. The number of carbonyl (C=O) groups is 2. The standard InChI is InChI=1S/C29H27ClFN5O5/c1-4-40-25-15-19(13-14-24(25)41-17-21-22(30)11-8-12-23(21)31)16-32-34-28(38)27(37)33-26-18(2)35(3)36(29(26)39)20-9-6-5-7-10-20/h5-16H,4,17H2,1-3H3,(H,33,37)(H,34,38)/b32-16+. The van der Waals surface area contributed by atoms with E-state index >= 15 is 0 Å². The number of ether oxygens (including phenoxy) is 2. The lowest BCUT2D eigenvalue weighted by molar-refractivity contribution is -0.136. The second-order valence-corrected chi connectivity index (χ2v) is 9.13. The van der Waals surface area contributed by atoms with Gasteiger partial charge in [0, 0.05) is 12.6 Å². The van der Waals surface area contributed by atoms with E-state index in [-0.39, 0.29) is 22.9 Å². The molecular weight excluding hydrogens is 553 g/mol. The van der Waals surface area contributed by atoms with Crippen molar-refractivity contribution >= 4 is 35.3 Å². The Balaban J connectivity index is 1.41. The number of nitrogens with one attached hydrogen (secondary N) is 2. The lowest BCUT2D eigenvalue weighted by atomic mass is 10.2. The van der Waals surface area contributed by atoms with Crippen LogP contribution in [-0.2, 0) is 23.2 Å². The molecule has 0 fully saturated rings. The van der Waals surface area contributed by atoms with Crippen molar-refractivity contribution in [1.29, 1.82) is 0 Å². The summed E-state index contributed by atoms with van der Waals surface area (Å²) in [6.45, 7) is 3.67. The lowest BCUT2D eigenvalue weighted by Gasteiger charge is -2.13. The number of hydrogen-bond donors (Lipinski definition) is 2. The van der Waals surface area contributed by atoms with E-state index in [1.54, 1.807) is 74.1 Å². The smallest absolute Gasteiger partial charge is 0.329 e. The quantitative estimate of drug-likeness (QED) is 0.174. The van der Waals surface area contributed by atoms with Crippen LogP contribution in [0.1, 0.15) is 23.7 Å². The van der Waals surface area contributed by atoms with E-state index in [4.69, 9.17) is 21.1 Å². The maximum Gasteiger partial charge on any atom is 0.329 e. The third-order valence-electron chi connectivity index (χ3n) is 6.08. The van der Waals surface area contributed by atoms with Crippen LogP contribution in [0.4, 0.5) is 10.1 Å². The predicted molar refractivity (Wildman–Crippen MR) is 153 cm³/mol. The molecule has 0 bridgehead atoms. The Hall–Kier alpha value is -4.90. The third-order valence-corrected chi connectivity index (χ3v) is 6.43. The number of hydrogen-bond acceptors (Lipinski definition) is 6. The average Bonchev–Trinajstić information content (AvgIpc) is 3.17. The molecule has 41 heavy (non-hydrogen) atoms. The number of para-hydroxylation sites is 1. The molecule has 0 radical (unpaired) electrons. The van der Waals surface area contributed by atoms with E-state index in [2.05, 4.69) is 15.8 Å². The van der Waals surface area contributed by atoms with Gasteiger partial charge in [-0.25, -0.2) is 14.5 Å². The molecule has 0 aliphatic heterocycles. The minimum Gasteiger partial charge on any atom is -0.490 e. The van der Waals surface area contributed by atoms with Crippen molar-refractivity contribution in [2.75, 3.05) is 11.9 Å². The fourth-order valence-electron chi connectivity index (χ4n) is 3.91. The lowest BCUT2D eigenvalue weighted by Crippen LogP contribution is -2.34. The molecule has 0 saturated heterocycles. The number of halogens is 2. The Morgan fingerprint density at radius 1 is 1.02 bits per heavy atom. The molecular formula is C29H27ClFN5O5. The van der Waals surface area contributed by atoms with E-state index in [1.165, 1.54) is 23.0 Å². The molecule has 0 saturated carbocycles. The molecule has 4 aromatic rings. The fraction of sp³-hybridized carbons (Fsp3) is 0.172. The van der Waals surface area contributed by atoms with Gasteiger partial charge in [0.2, 0.25) is 0 Å². The monoisotopic (exact) mass is 579 g/mol. The highest BCUT2D eigenvalue weighted by Crippen LogP contribution is 2.30. The number of benzene rings is 3. The topological polar surface area (TPSA) is 116 Å². The normalized spacial score (nSPS) is 11.0. The van der Waals surface area contributed by atoms with Gasteiger partial charge in [-0.2, -0.15) is 5.10 Å². The van der Waals surface area contributed by atoms with E-state index in [1.807, 2.05) is 6.07 Å². The van der Waals surface area contributed by atoms with E-state index in [0.717, 1.165) is 0 Å². The van der Waals surface area contributed by atoms with Crippen LogP contribution in [0.3, 0.4) is 0 Å². The summed E-state index contributed by atoms with van der Waals surface area (Å²) in [5.41, 5.74) is 3.45. The van der Waals surface area contributed by atoms with Crippen molar-refractivity contribution in [3.8, 4) is 17.2 Å². The summed E-state index contributed by atoms with van der Waals surface area (Å²) in [6, 6.07) is 18.1. The molecule has 2 amide bonds. The molecule has 4 rings (SSSR count). The van der Waals surface area contributed by atoms with Crippen molar-refractivity contribution in [1.82, 2.24) is 14.8 Å². The molecule has 212 valence electrons. The highest BCUT2D eigenvalue weighted by atomic mass is 35.5. The Kier molecular flexibility index (Phi) is 9.20. The second kappa shape index (κ2) is 13.0. The van der Waals surface area contributed by atoms with Crippen LogP contribution in [0, 0.1) is 12.7 Å². The number of nitrogens with zero attached hydrogens (tertiary/aromatic N) is 3. The van der Waals surface area contributed by atoms with E-state index in [9.17, 15) is 18.8 Å². The Morgan fingerprint density at radius 2 is 1.78 bits per heavy atom. The second-order valence-electron chi connectivity index (χ2n) is 8.72. The van der Waals surface area contributed by atoms with Gasteiger partial charge in [-0.3, -0.25) is 19.1 Å². The zero-order valence-corrected chi connectivity index (χ0v) is 23.2. The van der Waals surface area contributed by atoms with Gasteiger partial charge in [0.25, 0.3) is 5.56 Å². The highest BCUT2D eigenvalue weighted by molar-refractivity contribution is 6.39. The zero-order valence-electron chi connectivity index (χ0n) is 22.5. The number of hydrazone groups is 1. The largest absolute Gasteiger partial charge is 0.490 e. The number of anilines is 1. The number of rotatable bonds is 9. The molecule has 3 aromatic carbocycles. The Labute approximate surface area is 239 Å². The van der Waals surface area contributed by atoms with E-state index in [0.29, 0.717) is 35.1 Å². The van der Waals surface area contributed by atoms with Crippen molar-refractivity contribution in [3.63, 3.8) is 0 Å². The van der Waals surface area contributed by atoms with Gasteiger partial charge < -0.3 is 14.8 Å². The van der Waals surface area contributed by atoms with Gasteiger partial charge in [-0.1, -0.05) is 35.9 Å².